The number of nitrogens with zero attached hydrogens (tertiary/aromatic N) is 2. The number of fused-ring (bicyclic) bond motifs is 2. The first-order chi connectivity index (χ1) is 35.5. The van der Waals surface area contributed by atoms with Gasteiger partial charge in [0, 0.05) is 37.6 Å². The molecule has 0 aromatic heterocycles. The zero-order valence-corrected chi connectivity index (χ0v) is 44.5. The molecule has 0 aliphatic heterocycles. The van der Waals surface area contributed by atoms with Crippen molar-refractivity contribution in [1.29, 1.82) is 0 Å². The molecule has 0 fully saturated rings. The maximum absolute atomic E-state index is 2.61. The number of rotatable bonds is 30. The van der Waals surface area contributed by atoms with Gasteiger partial charge in [-0.3, -0.25) is 0 Å². The van der Waals surface area contributed by atoms with Crippen molar-refractivity contribution in [2.24, 2.45) is 0 Å². The Balaban J connectivity index is 0.903. The molecule has 72 heavy (non-hydrogen) atoms. The van der Waals surface area contributed by atoms with E-state index in [4.69, 9.17) is 0 Å². The van der Waals surface area contributed by atoms with Crippen molar-refractivity contribution < 1.29 is 0 Å². The third-order valence-electron chi connectivity index (χ3n) is 14.2. The van der Waals surface area contributed by atoms with Gasteiger partial charge in [0.05, 0.1) is 0 Å². The van der Waals surface area contributed by atoms with Gasteiger partial charge in [0.25, 0.3) is 0 Å². The molecule has 374 valence electrons. The van der Waals surface area contributed by atoms with Gasteiger partial charge in [-0.15, -0.1) is 0 Å². The summed E-state index contributed by atoms with van der Waals surface area (Å²) in [6.45, 7) is 13.8. The fourth-order valence-electron chi connectivity index (χ4n) is 9.70. The summed E-state index contributed by atoms with van der Waals surface area (Å²) >= 11 is 0. The largest absolute Gasteiger partial charge is 0.372 e. The van der Waals surface area contributed by atoms with Crippen molar-refractivity contribution in [3.63, 3.8) is 0 Å². The van der Waals surface area contributed by atoms with Gasteiger partial charge in [0.15, 0.2) is 0 Å². The highest BCUT2D eigenvalue weighted by atomic mass is 15.1. The molecule has 7 rings (SSSR count). The molecule has 0 amide bonds. The van der Waals surface area contributed by atoms with Crippen LogP contribution < -0.4 is 9.80 Å². The van der Waals surface area contributed by atoms with Crippen molar-refractivity contribution in [3.8, 4) is 0 Å². The van der Waals surface area contributed by atoms with Crippen molar-refractivity contribution in [2.45, 2.75) is 130 Å². The Labute approximate surface area is 435 Å². The molecule has 2 nitrogen and oxygen atoms in total. The maximum atomic E-state index is 2.61. The molecule has 0 unspecified atom stereocenters. The number of hydrogen-bond acceptors (Lipinski definition) is 2. The molecule has 0 saturated carbocycles. The Morgan fingerprint density at radius 3 is 0.736 bits per heavy atom. The van der Waals surface area contributed by atoms with E-state index in [1.165, 1.54) is 180 Å². The molecule has 0 aliphatic carbocycles. The molecule has 0 spiro atoms. The Morgan fingerprint density at radius 2 is 0.472 bits per heavy atom. The number of anilines is 2. The van der Waals surface area contributed by atoms with Gasteiger partial charge in [-0.05, 0) is 140 Å². The van der Waals surface area contributed by atoms with Crippen LogP contribution in [0, 0.1) is 0 Å². The van der Waals surface area contributed by atoms with E-state index in [0.717, 1.165) is 26.2 Å². The zero-order chi connectivity index (χ0) is 50.0. The highest BCUT2D eigenvalue weighted by Gasteiger charge is 2.09. The lowest BCUT2D eigenvalue weighted by Crippen LogP contribution is -2.25. The SMILES string of the molecule is CCCCCCN(CCCCCC)c1ccc(C=Cc2ccc(C=Cc3ccc4cc5cc(C=Cc6ccc(C=Cc7ccc(N(CCCCCC)CCCCCC)cc7)cc6)ccc5cc4c3)cc2)cc1. The van der Waals surface area contributed by atoms with Gasteiger partial charge < -0.3 is 9.80 Å². The molecule has 0 heterocycles. The van der Waals surface area contributed by atoms with E-state index in [1.54, 1.807) is 0 Å². The Hall–Kier alpha value is -6.38. The van der Waals surface area contributed by atoms with Gasteiger partial charge in [-0.2, -0.15) is 0 Å². The standard InChI is InChI=1S/C70H84N2/c1-5-9-13-17-49-71(50-18-14-10-6-2)69-45-39-61(40-46-69)31-29-57-21-25-59(26-22-57)33-35-63-37-43-65-56-68-54-64(38-44-66(68)55-67(65)53-63)36-34-60-27-23-58(24-28-60)30-32-62-41-47-70(48-42-62)72(51-19-15-11-7-3)52-20-16-12-8-4/h21-48,53-56H,5-20,49-52H2,1-4H3. The first-order valence-corrected chi connectivity index (χ1v) is 28.1. The predicted molar refractivity (Wildman–Crippen MR) is 324 cm³/mol. The van der Waals surface area contributed by atoms with Crippen LogP contribution in [0.1, 0.15) is 175 Å². The molecule has 0 N–H and O–H groups in total. The molecular weight excluding hydrogens is 869 g/mol. The van der Waals surface area contributed by atoms with E-state index in [2.05, 4.69) is 232 Å². The molecule has 0 radical (unpaired) electrons. The fourth-order valence-corrected chi connectivity index (χ4v) is 9.70. The first kappa shape index (κ1) is 53.4. The minimum absolute atomic E-state index is 1.16. The average Bonchev–Trinajstić information content (AvgIpc) is 3.42. The van der Waals surface area contributed by atoms with E-state index in [9.17, 15) is 0 Å². The molecule has 7 aromatic rings. The molecule has 0 bridgehead atoms. The van der Waals surface area contributed by atoms with Crippen molar-refractivity contribution in [3.05, 3.63) is 190 Å². The number of benzene rings is 7. The monoisotopic (exact) mass is 953 g/mol. The molecule has 0 aliphatic rings. The summed E-state index contributed by atoms with van der Waals surface area (Å²) in [4.78, 5) is 5.22. The highest BCUT2D eigenvalue weighted by molar-refractivity contribution is 6.00. The van der Waals surface area contributed by atoms with Crippen LogP contribution in [0.3, 0.4) is 0 Å². The third kappa shape index (κ3) is 17.4. The van der Waals surface area contributed by atoms with Gasteiger partial charge in [-0.25, -0.2) is 0 Å². The second-order valence-corrected chi connectivity index (χ2v) is 20.1. The van der Waals surface area contributed by atoms with Crippen LogP contribution in [-0.2, 0) is 0 Å². The number of unbranched alkanes of at least 4 members (excludes halogenated alkanes) is 12. The maximum Gasteiger partial charge on any atom is 0.0366 e. The summed E-state index contributed by atoms with van der Waals surface area (Å²) in [5, 5.41) is 5.02. The molecule has 0 atom stereocenters. The summed E-state index contributed by atoms with van der Waals surface area (Å²) < 4.78 is 0. The summed E-state index contributed by atoms with van der Waals surface area (Å²) in [5.74, 6) is 0. The molecule has 0 saturated heterocycles. The van der Waals surface area contributed by atoms with E-state index in [0.29, 0.717) is 0 Å². The van der Waals surface area contributed by atoms with Crippen LogP contribution in [0.4, 0.5) is 11.4 Å². The van der Waals surface area contributed by atoms with Crippen LogP contribution in [0.2, 0.25) is 0 Å². The van der Waals surface area contributed by atoms with E-state index < -0.39 is 0 Å². The van der Waals surface area contributed by atoms with E-state index >= 15 is 0 Å². The smallest absolute Gasteiger partial charge is 0.0366 e. The van der Waals surface area contributed by atoms with E-state index in [-0.39, 0.29) is 0 Å². The van der Waals surface area contributed by atoms with Crippen LogP contribution in [-0.4, -0.2) is 26.2 Å². The lowest BCUT2D eigenvalue weighted by molar-refractivity contribution is 0.609. The number of hydrogen-bond donors (Lipinski definition) is 0. The minimum atomic E-state index is 1.16. The van der Waals surface area contributed by atoms with E-state index in [1.807, 2.05) is 0 Å². The quantitative estimate of drug-likeness (QED) is 0.0252. The zero-order valence-electron chi connectivity index (χ0n) is 44.5. The summed E-state index contributed by atoms with van der Waals surface area (Å²) in [7, 11) is 0. The minimum Gasteiger partial charge on any atom is -0.372 e. The lowest BCUT2D eigenvalue weighted by Gasteiger charge is -2.25. The second-order valence-electron chi connectivity index (χ2n) is 20.1. The third-order valence-corrected chi connectivity index (χ3v) is 14.2. The van der Waals surface area contributed by atoms with Crippen molar-refractivity contribution in [1.82, 2.24) is 0 Å². The predicted octanol–water partition coefficient (Wildman–Crippen LogP) is 20.6. The Kier molecular flexibility index (Phi) is 22.1. The molecule has 2 heteroatoms. The van der Waals surface area contributed by atoms with Crippen LogP contribution >= 0.6 is 0 Å². The van der Waals surface area contributed by atoms with Crippen LogP contribution in [0.15, 0.2) is 146 Å². The fraction of sp³-hybridized carbons (Fsp3) is 0.343. The summed E-state index contributed by atoms with van der Waals surface area (Å²) in [5.41, 5.74) is 12.4. The summed E-state index contributed by atoms with van der Waals surface area (Å²) in [6.07, 6.45) is 38.7. The van der Waals surface area contributed by atoms with Gasteiger partial charge in [0.2, 0.25) is 0 Å². The first-order valence-electron chi connectivity index (χ1n) is 28.1. The topological polar surface area (TPSA) is 6.48 Å². The van der Waals surface area contributed by atoms with Crippen LogP contribution in [0.25, 0.3) is 70.2 Å². The normalized spacial score (nSPS) is 11.9. The molecular formula is C70H84N2. The van der Waals surface area contributed by atoms with Crippen molar-refractivity contribution in [2.75, 3.05) is 36.0 Å². The van der Waals surface area contributed by atoms with Crippen LogP contribution in [0.5, 0.6) is 0 Å². The molecule has 7 aromatic carbocycles. The Morgan fingerprint density at radius 1 is 0.236 bits per heavy atom. The van der Waals surface area contributed by atoms with Gasteiger partial charge in [0.1, 0.15) is 0 Å². The second kappa shape index (κ2) is 29.8. The average molecular weight is 953 g/mol. The summed E-state index contributed by atoms with van der Waals surface area (Å²) in [6, 6.07) is 54.2. The van der Waals surface area contributed by atoms with Gasteiger partial charge in [-0.1, -0.05) is 250 Å². The van der Waals surface area contributed by atoms with Gasteiger partial charge >= 0.3 is 0 Å². The van der Waals surface area contributed by atoms with Crippen molar-refractivity contribution >= 4 is 81.5 Å². The lowest BCUT2D eigenvalue weighted by atomic mass is 9.99. The Bertz CT molecular complexity index is 2550. The highest BCUT2D eigenvalue weighted by Crippen LogP contribution is 2.27.